The molecule has 0 aliphatic rings. The normalized spacial score (nSPS) is 11.3. The molecule has 0 aromatic heterocycles. The van der Waals surface area contributed by atoms with Gasteiger partial charge in [0.2, 0.25) is 0 Å². The molecule has 0 unspecified atom stereocenters. The van der Waals surface area contributed by atoms with Crippen LogP contribution in [0.3, 0.4) is 0 Å². The number of methoxy groups -OCH3 is 1. The molecule has 0 bridgehead atoms. The van der Waals surface area contributed by atoms with E-state index >= 15 is 0 Å². The average Bonchev–Trinajstić information content (AvgIpc) is 2.75. The number of benzene rings is 3. The number of ether oxygens (including phenoxy) is 2. The average molecular weight is 361 g/mol. The summed E-state index contributed by atoms with van der Waals surface area (Å²) in [6.07, 6.45) is 0. The highest BCUT2D eigenvalue weighted by atomic mass is 16.5. The fourth-order valence-corrected chi connectivity index (χ4v) is 3.48. The fraction of sp³-hybridized carbons (Fsp3) is 0.250. The fourth-order valence-electron chi connectivity index (χ4n) is 3.48. The van der Waals surface area contributed by atoms with E-state index in [4.69, 9.17) is 9.47 Å². The number of hydrogen-bond acceptors (Lipinski definition) is 3. The standard InChI is InChI=1S/C24H27NO2/c1-3-27-19-18-25-24(20-10-6-4-7-11-20,21-12-8-5-9-13-21)22-14-16-23(26-2)17-15-22/h4-17,25H,3,18-19H2,1-2H3. The SMILES string of the molecule is CCOCCNC(c1ccccc1)(c1ccccc1)c1ccc(OC)cc1. The minimum absolute atomic E-state index is 0.466. The summed E-state index contributed by atoms with van der Waals surface area (Å²) in [5.41, 5.74) is 3.08. The molecule has 0 spiro atoms. The van der Waals surface area contributed by atoms with Gasteiger partial charge in [-0.15, -0.1) is 0 Å². The predicted octanol–water partition coefficient (Wildman–Crippen LogP) is 4.61. The third-order valence-electron chi connectivity index (χ3n) is 4.78. The summed E-state index contributed by atoms with van der Waals surface area (Å²) in [5.74, 6) is 0.850. The molecule has 3 heteroatoms. The Morgan fingerprint density at radius 2 is 1.26 bits per heavy atom. The molecular formula is C24H27NO2. The first kappa shape index (κ1) is 19.2. The minimum atomic E-state index is -0.466. The van der Waals surface area contributed by atoms with E-state index in [2.05, 4.69) is 66.0 Å². The van der Waals surface area contributed by atoms with Crippen LogP contribution < -0.4 is 10.1 Å². The molecule has 0 amide bonds. The van der Waals surface area contributed by atoms with Gasteiger partial charge in [0, 0.05) is 13.2 Å². The molecule has 0 radical (unpaired) electrons. The summed E-state index contributed by atoms with van der Waals surface area (Å²) in [6, 6.07) is 29.4. The second-order valence-corrected chi connectivity index (χ2v) is 6.33. The van der Waals surface area contributed by atoms with Gasteiger partial charge in [0.05, 0.1) is 19.3 Å². The lowest BCUT2D eigenvalue weighted by atomic mass is 9.77. The van der Waals surface area contributed by atoms with Crippen LogP contribution in [0.4, 0.5) is 0 Å². The molecule has 0 fully saturated rings. The van der Waals surface area contributed by atoms with Gasteiger partial charge in [-0.1, -0.05) is 72.8 Å². The van der Waals surface area contributed by atoms with E-state index in [9.17, 15) is 0 Å². The third-order valence-corrected chi connectivity index (χ3v) is 4.78. The highest BCUT2D eigenvalue weighted by Crippen LogP contribution is 2.37. The molecule has 3 nitrogen and oxygen atoms in total. The van der Waals surface area contributed by atoms with E-state index in [1.807, 2.05) is 31.2 Å². The van der Waals surface area contributed by atoms with Crippen LogP contribution >= 0.6 is 0 Å². The summed E-state index contributed by atoms with van der Waals surface area (Å²) < 4.78 is 11.0. The predicted molar refractivity (Wildman–Crippen MR) is 110 cm³/mol. The number of nitrogens with one attached hydrogen (secondary N) is 1. The molecule has 3 rings (SSSR count). The summed E-state index contributed by atoms with van der Waals surface area (Å²) in [6.45, 7) is 4.14. The van der Waals surface area contributed by atoms with Crippen LogP contribution in [0.15, 0.2) is 84.9 Å². The Kier molecular flexibility index (Phi) is 6.64. The Hall–Kier alpha value is -2.62. The monoisotopic (exact) mass is 361 g/mol. The van der Waals surface area contributed by atoms with Crippen molar-refractivity contribution in [1.82, 2.24) is 5.32 Å². The maximum Gasteiger partial charge on any atom is 0.118 e. The van der Waals surface area contributed by atoms with Gasteiger partial charge in [0.15, 0.2) is 0 Å². The van der Waals surface area contributed by atoms with E-state index in [1.165, 1.54) is 11.1 Å². The Morgan fingerprint density at radius 3 is 1.74 bits per heavy atom. The van der Waals surface area contributed by atoms with Crippen LogP contribution in [0.5, 0.6) is 5.75 Å². The van der Waals surface area contributed by atoms with Crippen LogP contribution in [0, 0.1) is 0 Å². The molecule has 3 aromatic rings. The van der Waals surface area contributed by atoms with E-state index in [1.54, 1.807) is 7.11 Å². The van der Waals surface area contributed by atoms with Gasteiger partial charge < -0.3 is 9.47 Å². The second-order valence-electron chi connectivity index (χ2n) is 6.33. The maximum atomic E-state index is 5.59. The zero-order valence-corrected chi connectivity index (χ0v) is 16.0. The number of hydrogen-bond donors (Lipinski definition) is 1. The van der Waals surface area contributed by atoms with Crippen molar-refractivity contribution in [3.8, 4) is 5.75 Å². The second kappa shape index (κ2) is 9.36. The molecule has 0 atom stereocenters. The topological polar surface area (TPSA) is 30.5 Å². The summed E-state index contributed by atoms with van der Waals surface area (Å²) in [7, 11) is 1.69. The van der Waals surface area contributed by atoms with Crippen molar-refractivity contribution < 1.29 is 9.47 Å². The quantitative estimate of drug-likeness (QED) is 0.446. The zero-order chi connectivity index (χ0) is 19.0. The molecule has 0 aliphatic heterocycles. The Labute approximate surface area is 162 Å². The molecule has 0 saturated heterocycles. The lowest BCUT2D eigenvalue weighted by molar-refractivity contribution is 0.145. The van der Waals surface area contributed by atoms with Crippen molar-refractivity contribution in [2.75, 3.05) is 26.9 Å². The van der Waals surface area contributed by atoms with Crippen LogP contribution in [0.2, 0.25) is 0 Å². The van der Waals surface area contributed by atoms with Crippen molar-refractivity contribution in [3.63, 3.8) is 0 Å². The highest BCUT2D eigenvalue weighted by Gasteiger charge is 2.35. The first-order chi connectivity index (χ1) is 13.3. The molecule has 0 saturated carbocycles. The van der Waals surface area contributed by atoms with Gasteiger partial charge in [-0.25, -0.2) is 0 Å². The van der Waals surface area contributed by atoms with Gasteiger partial charge in [-0.2, -0.15) is 0 Å². The molecule has 0 heterocycles. The van der Waals surface area contributed by atoms with Crippen molar-refractivity contribution >= 4 is 0 Å². The van der Waals surface area contributed by atoms with Crippen molar-refractivity contribution in [2.24, 2.45) is 0 Å². The Morgan fingerprint density at radius 1 is 0.741 bits per heavy atom. The summed E-state index contributed by atoms with van der Waals surface area (Å²) in [5, 5.41) is 3.79. The first-order valence-electron chi connectivity index (χ1n) is 9.39. The Bertz CT molecular complexity index is 761. The highest BCUT2D eigenvalue weighted by molar-refractivity contribution is 5.50. The lowest BCUT2D eigenvalue weighted by Gasteiger charge is -2.37. The largest absolute Gasteiger partial charge is 0.497 e. The van der Waals surface area contributed by atoms with Crippen LogP contribution in [0.1, 0.15) is 23.6 Å². The zero-order valence-electron chi connectivity index (χ0n) is 16.0. The molecule has 140 valence electrons. The van der Waals surface area contributed by atoms with E-state index in [0.717, 1.165) is 17.9 Å². The molecule has 27 heavy (non-hydrogen) atoms. The van der Waals surface area contributed by atoms with Gasteiger partial charge in [0.25, 0.3) is 0 Å². The van der Waals surface area contributed by atoms with Gasteiger partial charge in [0.1, 0.15) is 5.75 Å². The Balaban J connectivity index is 2.14. The molecule has 1 N–H and O–H groups in total. The van der Waals surface area contributed by atoms with Crippen molar-refractivity contribution in [3.05, 3.63) is 102 Å². The number of rotatable bonds is 9. The minimum Gasteiger partial charge on any atom is -0.497 e. The molecule has 0 aliphatic carbocycles. The summed E-state index contributed by atoms with van der Waals surface area (Å²) in [4.78, 5) is 0. The summed E-state index contributed by atoms with van der Waals surface area (Å²) >= 11 is 0. The lowest BCUT2D eigenvalue weighted by Crippen LogP contribution is -2.46. The first-order valence-corrected chi connectivity index (χ1v) is 9.39. The van der Waals surface area contributed by atoms with E-state index < -0.39 is 5.54 Å². The van der Waals surface area contributed by atoms with Crippen molar-refractivity contribution in [2.45, 2.75) is 12.5 Å². The van der Waals surface area contributed by atoms with E-state index in [0.29, 0.717) is 13.2 Å². The van der Waals surface area contributed by atoms with Gasteiger partial charge >= 0.3 is 0 Å². The molecular weight excluding hydrogens is 334 g/mol. The van der Waals surface area contributed by atoms with Gasteiger partial charge in [-0.05, 0) is 35.7 Å². The van der Waals surface area contributed by atoms with E-state index in [-0.39, 0.29) is 0 Å². The molecule has 3 aromatic carbocycles. The maximum absolute atomic E-state index is 5.59. The van der Waals surface area contributed by atoms with Gasteiger partial charge in [-0.3, -0.25) is 5.32 Å². The smallest absolute Gasteiger partial charge is 0.118 e. The van der Waals surface area contributed by atoms with Crippen LogP contribution in [-0.2, 0) is 10.3 Å². The third kappa shape index (κ3) is 4.21. The van der Waals surface area contributed by atoms with Crippen molar-refractivity contribution in [1.29, 1.82) is 0 Å². The van der Waals surface area contributed by atoms with Crippen LogP contribution in [0.25, 0.3) is 0 Å². The van der Waals surface area contributed by atoms with Crippen LogP contribution in [-0.4, -0.2) is 26.9 Å².